The molecule has 11 heteroatoms. The third kappa shape index (κ3) is 6.63. The van der Waals surface area contributed by atoms with E-state index in [-0.39, 0.29) is 16.7 Å². The molecule has 2 rings (SSSR count). The van der Waals surface area contributed by atoms with Gasteiger partial charge in [0.25, 0.3) is 0 Å². The average Bonchev–Trinajstić information content (AvgIpc) is 2.93. The molecule has 26 heavy (non-hydrogen) atoms. The molecular formula is C15H13F3N2O6. The lowest BCUT2D eigenvalue weighted by atomic mass is 10.1. The minimum absolute atomic E-state index is 0.00241. The van der Waals surface area contributed by atoms with Gasteiger partial charge in [-0.25, -0.2) is 14.4 Å². The second-order valence-corrected chi connectivity index (χ2v) is 5.04. The molecule has 0 atom stereocenters. The maximum absolute atomic E-state index is 11.7. The summed E-state index contributed by atoms with van der Waals surface area (Å²) in [6.07, 6.45) is -2.69. The van der Waals surface area contributed by atoms with Gasteiger partial charge in [-0.2, -0.15) is 18.3 Å². The first-order valence-electron chi connectivity index (χ1n) is 6.80. The Labute approximate surface area is 144 Å². The summed E-state index contributed by atoms with van der Waals surface area (Å²) < 4.78 is 35.8. The van der Waals surface area contributed by atoms with Crippen LogP contribution in [0.25, 0.3) is 0 Å². The van der Waals surface area contributed by atoms with E-state index in [2.05, 4.69) is 5.10 Å². The first kappa shape index (κ1) is 20.7. The maximum Gasteiger partial charge on any atom is 0.408 e. The average molecular weight is 374 g/mol. The van der Waals surface area contributed by atoms with E-state index in [9.17, 15) is 27.6 Å². The van der Waals surface area contributed by atoms with Gasteiger partial charge in [-0.15, -0.1) is 0 Å². The van der Waals surface area contributed by atoms with E-state index in [1.807, 2.05) is 0 Å². The normalized spacial score (nSPS) is 10.6. The zero-order valence-electron chi connectivity index (χ0n) is 13.2. The van der Waals surface area contributed by atoms with Gasteiger partial charge in [-0.05, 0) is 30.7 Å². The van der Waals surface area contributed by atoms with E-state index in [1.54, 1.807) is 6.92 Å². The zero-order chi connectivity index (χ0) is 20.1. The highest BCUT2D eigenvalue weighted by Crippen LogP contribution is 2.17. The monoisotopic (exact) mass is 374 g/mol. The van der Waals surface area contributed by atoms with Crippen LogP contribution in [0.3, 0.4) is 0 Å². The maximum atomic E-state index is 11.7. The molecule has 0 bridgehead atoms. The molecule has 0 fully saturated rings. The Bertz CT molecular complexity index is 797. The number of aromatic nitrogens is 2. The van der Waals surface area contributed by atoms with Crippen molar-refractivity contribution in [2.24, 2.45) is 0 Å². The highest BCUT2D eigenvalue weighted by atomic mass is 19.4. The predicted molar refractivity (Wildman–Crippen MR) is 80.3 cm³/mol. The third-order valence-corrected chi connectivity index (χ3v) is 2.79. The topological polar surface area (TPSA) is 130 Å². The van der Waals surface area contributed by atoms with Crippen molar-refractivity contribution < 1.29 is 42.9 Å². The van der Waals surface area contributed by atoms with Crippen molar-refractivity contribution in [3.05, 3.63) is 52.8 Å². The number of alkyl halides is 3. The van der Waals surface area contributed by atoms with E-state index in [1.165, 1.54) is 12.1 Å². The Kier molecular flexibility index (Phi) is 6.47. The molecule has 8 nitrogen and oxygen atoms in total. The molecule has 0 aliphatic heterocycles. The number of nitrogens with zero attached hydrogens (tertiary/aromatic N) is 2. The molecule has 2 aromatic rings. The van der Waals surface area contributed by atoms with Crippen molar-refractivity contribution in [3.8, 4) is 0 Å². The summed E-state index contributed by atoms with van der Waals surface area (Å²) in [7, 11) is 0. The van der Waals surface area contributed by atoms with Gasteiger partial charge in [-0.3, -0.25) is 4.68 Å². The van der Waals surface area contributed by atoms with Crippen LogP contribution < -0.4 is 0 Å². The Hall–Kier alpha value is -3.37. The van der Waals surface area contributed by atoms with E-state index < -0.39 is 30.6 Å². The van der Waals surface area contributed by atoms with Crippen LogP contribution in [0.2, 0.25) is 0 Å². The van der Waals surface area contributed by atoms with Crippen molar-refractivity contribution in [2.75, 3.05) is 0 Å². The molecule has 1 aromatic carbocycles. The molecule has 1 aromatic heterocycles. The number of halogens is 3. The number of benzene rings is 1. The lowest BCUT2D eigenvalue weighted by Crippen LogP contribution is -2.17. The van der Waals surface area contributed by atoms with Gasteiger partial charge in [0.15, 0.2) is 0 Å². The first-order valence-corrected chi connectivity index (χ1v) is 6.80. The molecular weight excluding hydrogens is 361 g/mol. The molecule has 0 aliphatic carbocycles. The summed E-state index contributed by atoms with van der Waals surface area (Å²) >= 11 is 0. The smallest absolute Gasteiger partial charge is 0.408 e. The molecule has 0 saturated heterocycles. The Balaban J connectivity index is 0.000000260. The zero-order valence-corrected chi connectivity index (χ0v) is 13.2. The van der Waals surface area contributed by atoms with E-state index in [4.69, 9.17) is 15.3 Å². The minimum Gasteiger partial charge on any atom is -0.478 e. The van der Waals surface area contributed by atoms with Gasteiger partial charge < -0.3 is 15.3 Å². The molecule has 0 spiro atoms. The Morgan fingerprint density at radius 1 is 0.962 bits per heavy atom. The number of hydrogen-bond donors (Lipinski definition) is 3. The SMILES string of the molecule is Cc1cc(C(=O)O)cc(C(=O)O)c1.O=C(O)c1cnn(CC(F)(F)F)c1. The molecule has 0 radical (unpaired) electrons. The van der Waals surface area contributed by atoms with Crippen molar-refractivity contribution in [2.45, 2.75) is 19.6 Å². The number of carbonyl (C=O) groups is 3. The number of carboxylic acid groups (broad SMARTS) is 3. The summed E-state index contributed by atoms with van der Waals surface area (Å²) in [5.41, 5.74) is 0.358. The second kappa shape index (κ2) is 8.14. The lowest BCUT2D eigenvalue weighted by Gasteiger charge is -2.04. The molecule has 0 saturated carbocycles. The fourth-order valence-electron chi connectivity index (χ4n) is 1.77. The number of carboxylic acids is 3. The molecule has 3 N–H and O–H groups in total. The minimum atomic E-state index is -4.39. The quantitative estimate of drug-likeness (QED) is 0.750. The highest BCUT2D eigenvalue weighted by molar-refractivity contribution is 5.94. The number of rotatable bonds is 4. The van der Waals surface area contributed by atoms with Crippen LogP contribution >= 0.6 is 0 Å². The summed E-state index contributed by atoms with van der Waals surface area (Å²) in [5, 5.41) is 28.8. The fourth-order valence-corrected chi connectivity index (χ4v) is 1.77. The predicted octanol–water partition coefficient (Wildman–Crippen LogP) is 2.54. The van der Waals surface area contributed by atoms with E-state index >= 15 is 0 Å². The molecule has 0 amide bonds. The summed E-state index contributed by atoms with van der Waals surface area (Å²) in [4.78, 5) is 31.3. The van der Waals surface area contributed by atoms with E-state index in [0.29, 0.717) is 10.2 Å². The van der Waals surface area contributed by atoms with Gasteiger partial charge in [0.2, 0.25) is 0 Å². The largest absolute Gasteiger partial charge is 0.478 e. The lowest BCUT2D eigenvalue weighted by molar-refractivity contribution is -0.142. The van der Waals surface area contributed by atoms with Crippen LogP contribution in [-0.2, 0) is 6.54 Å². The summed E-state index contributed by atoms with van der Waals surface area (Å²) in [6.45, 7) is 0.374. The summed E-state index contributed by atoms with van der Waals surface area (Å²) in [6, 6.07) is 3.99. The van der Waals surface area contributed by atoms with Crippen LogP contribution in [0.1, 0.15) is 36.6 Å². The van der Waals surface area contributed by atoms with Crippen molar-refractivity contribution in [1.82, 2.24) is 9.78 Å². The van der Waals surface area contributed by atoms with Crippen LogP contribution in [0, 0.1) is 6.92 Å². The van der Waals surface area contributed by atoms with Crippen LogP contribution in [-0.4, -0.2) is 49.2 Å². The van der Waals surface area contributed by atoms with Crippen LogP contribution in [0.4, 0.5) is 13.2 Å². The Morgan fingerprint density at radius 3 is 1.77 bits per heavy atom. The molecule has 1 heterocycles. The van der Waals surface area contributed by atoms with Crippen molar-refractivity contribution >= 4 is 17.9 Å². The van der Waals surface area contributed by atoms with Gasteiger partial charge in [0.05, 0.1) is 22.9 Å². The van der Waals surface area contributed by atoms with Crippen molar-refractivity contribution in [1.29, 1.82) is 0 Å². The van der Waals surface area contributed by atoms with Gasteiger partial charge in [-0.1, -0.05) is 0 Å². The van der Waals surface area contributed by atoms with Gasteiger partial charge in [0.1, 0.15) is 6.54 Å². The van der Waals surface area contributed by atoms with E-state index in [0.717, 1.165) is 18.5 Å². The second-order valence-electron chi connectivity index (χ2n) is 5.04. The molecule has 0 aliphatic rings. The fraction of sp³-hybridized carbons (Fsp3) is 0.200. The Morgan fingerprint density at radius 2 is 1.42 bits per heavy atom. The number of aryl methyl sites for hydroxylation is 1. The summed E-state index contributed by atoms with van der Waals surface area (Å²) in [5.74, 6) is -3.54. The number of aromatic carboxylic acids is 3. The molecule has 140 valence electrons. The third-order valence-electron chi connectivity index (χ3n) is 2.79. The van der Waals surface area contributed by atoms with Gasteiger partial charge in [0, 0.05) is 6.20 Å². The van der Waals surface area contributed by atoms with Crippen LogP contribution in [0.15, 0.2) is 30.6 Å². The first-order chi connectivity index (χ1) is 11.9. The van der Waals surface area contributed by atoms with Crippen molar-refractivity contribution in [3.63, 3.8) is 0 Å². The number of hydrogen-bond acceptors (Lipinski definition) is 4. The molecule has 0 unspecified atom stereocenters. The standard InChI is InChI=1S/C9H8O4.C6H5F3N2O2/c1-5-2-6(8(10)11)4-7(3-5)9(12)13;7-6(8,9)3-11-2-4(1-10-11)5(12)13/h2-4H,1H3,(H,10,11)(H,12,13);1-2H,3H2,(H,12,13). The van der Waals surface area contributed by atoms with Gasteiger partial charge >= 0.3 is 24.1 Å². The van der Waals surface area contributed by atoms with Crippen LogP contribution in [0.5, 0.6) is 0 Å². The highest BCUT2D eigenvalue weighted by Gasteiger charge is 2.28.